The second-order valence-corrected chi connectivity index (χ2v) is 10.6. The van der Waals surface area contributed by atoms with Crippen molar-refractivity contribution in [2.45, 2.75) is 71.5 Å². The second kappa shape index (κ2) is 6.43. The lowest BCUT2D eigenvalue weighted by atomic mass is 9.45. The van der Waals surface area contributed by atoms with E-state index < -0.39 is 0 Å². The maximum Gasteiger partial charge on any atom is 0.0915 e. The highest BCUT2D eigenvalue weighted by atomic mass is 16.5. The fraction of sp³-hybridized carbons (Fsp3) is 0.833. The SMILES string of the molecule is CC1C=C2CC(O)CC[C@]2(C)[C@H]2CC[C@]3(C)C(C4CNCCO4)=CC[C@H]3[C@H]12. The molecule has 0 radical (unpaired) electrons. The number of nitrogens with one attached hydrogen (secondary N) is 1. The van der Waals surface area contributed by atoms with Crippen molar-refractivity contribution in [2.24, 2.45) is 34.5 Å². The summed E-state index contributed by atoms with van der Waals surface area (Å²) in [5, 5.41) is 13.8. The van der Waals surface area contributed by atoms with E-state index in [0.29, 0.717) is 16.7 Å². The van der Waals surface area contributed by atoms with Gasteiger partial charge in [-0.15, -0.1) is 0 Å². The molecule has 8 atom stereocenters. The molecule has 0 bridgehead atoms. The van der Waals surface area contributed by atoms with E-state index >= 15 is 0 Å². The molecule has 2 saturated carbocycles. The Morgan fingerprint density at radius 1 is 1.15 bits per heavy atom. The zero-order valence-electron chi connectivity index (χ0n) is 17.3. The monoisotopic (exact) mass is 371 g/mol. The third-order valence-electron chi connectivity index (χ3n) is 9.32. The number of aliphatic hydroxyl groups excluding tert-OH is 1. The van der Waals surface area contributed by atoms with Crippen LogP contribution < -0.4 is 5.32 Å². The molecule has 27 heavy (non-hydrogen) atoms. The van der Waals surface area contributed by atoms with Gasteiger partial charge in [0.15, 0.2) is 0 Å². The number of hydrogen-bond acceptors (Lipinski definition) is 3. The summed E-state index contributed by atoms with van der Waals surface area (Å²) < 4.78 is 6.19. The summed E-state index contributed by atoms with van der Waals surface area (Å²) in [5.41, 5.74) is 3.81. The highest BCUT2D eigenvalue weighted by Gasteiger charge is 2.59. The molecule has 2 N–H and O–H groups in total. The van der Waals surface area contributed by atoms with Crippen LogP contribution in [0.2, 0.25) is 0 Å². The molecule has 0 aromatic rings. The van der Waals surface area contributed by atoms with Gasteiger partial charge in [-0.25, -0.2) is 0 Å². The van der Waals surface area contributed by atoms with E-state index in [1.165, 1.54) is 25.7 Å². The minimum absolute atomic E-state index is 0.113. The Hall–Kier alpha value is -0.640. The molecule has 3 nitrogen and oxygen atoms in total. The molecule has 4 aliphatic carbocycles. The summed E-state index contributed by atoms with van der Waals surface area (Å²) in [6, 6.07) is 0. The van der Waals surface area contributed by atoms with Gasteiger partial charge in [0.25, 0.3) is 0 Å². The highest BCUT2D eigenvalue weighted by Crippen LogP contribution is 2.66. The van der Waals surface area contributed by atoms with Crippen molar-refractivity contribution in [3.8, 4) is 0 Å². The van der Waals surface area contributed by atoms with Crippen LogP contribution in [0.4, 0.5) is 0 Å². The average Bonchev–Trinajstić information content (AvgIpc) is 3.01. The summed E-state index contributed by atoms with van der Waals surface area (Å²) in [6.07, 6.45) is 12.3. The van der Waals surface area contributed by atoms with E-state index in [1.807, 2.05) is 0 Å². The van der Waals surface area contributed by atoms with Gasteiger partial charge in [-0.05, 0) is 78.6 Å². The minimum Gasteiger partial charge on any atom is -0.393 e. The molecule has 3 fully saturated rings. The Kier molecular flexibility index (Phi) is 4.38. The molecule has 1 saturated heterocycles. The fourth-order valence-corrected chi connectivity index (χ4v) is 7.87. The smallest absolute Gasteiger partial charge is 0.0915 e. The molecule has 1 aliphatic heterocycles. The zero-order chi connectivity index (χ0) is 18.8. The third kappa shape index (κ3) is 2.64. The van der Waals surface area contributed by atoms with Crippen molar-refractivity contribution in [1.29, 1.82) is 0 Å². The van der Waals surface area contributed by atoms with Crippen LogP contribution in [0.1, 0.15) is 59.3 Å². The lowest BCUT2D eigenvalue weighted by molar-refractivity contribution is -0.0571. The molecule has 5 aliphatic rings. The average molecular weight is 372 g/mol. The second-order valence-electron chi connectivity index (χ2n) is 10.6. The number of hydrogen-bond donors (Lipinski definition) is 2. The molecule has 0 aromatic carbocycles. The first-order valence-electron chi connectivity index (χ1n) is 11.4. The Labute approximate surface area is 164 Å². The minimum atomic E-state index is -0.113. The van der Waals surface area contributed by atoms with Crippen molar-refractivity contribution in [2.75, 3.05) is 19.7 Å². The van der Waals surface area contributed by atoms with Crippen LogP contribution in [0, 0.1) is 34.5 Å². The molecule has 3 heteroatoms. The molecule has 150 valence electrons. The maximum absolute atomic E-state index is 10.2. The topological polar surface area (TPSA) is 41.5 Å². The van der Waals surface area contributed by atoms with Crippen molar-refractivity contribution < 1.29 is 9.84 Å². The molecule has 1 heterocycles. The van der Waals surface area contributed by atoms with Gasteiger partial charge < -0.3 is 15.2 Å². The number of rotatable bonds is 1. The summed E-state index contributed by atoms with van der Waals surface area (Å²) in [4.78, 5) is 0. The van der Waals surface area contributed by atoms with Crippen molar-refractivity contribution in [3.05, 3.63) is 23.3 Å². The Balaban J connectivity index is 1.46. The van der Waals surface area contributed by atoms with Crippen LogP contribution in [0.25, 0.3) is 0 Å². The number of fused-ring (bicyclic) bond motifs is 5. The summed E-state index contributed by atoms with van der Waals surface area (Å²) in [6.45, 7) is 10.3. The van der Waals surface area contributed by atoms with Crippen molar-refractivity contribution >= 4 is 0 Å². The zero-order valence-corrected chi connectivity index (χ0v) is 17.3. The lowest BCUT2D eigenvalue weighted by Gasteiger charge is -2.59. The van der Waals surface area contributed by atoms with Gasteiger partial charge in [-0.1, -0.05) is 38.5 Å². The summed E-state index contributed by atoms with van der Waals surface area (Å²) in [7, 11) is 0. The quantitative estimate of drug-likeness (QED) is 0.683. The molecule has 0 aromatic heterocycles. The molecule has 0 amide bonds. The van der Waals surface area contributed by atoms with Crippen LogP contribution in [-0.4, -0.2) is 37.0 Å². The van der Waals surface area contributed by atoms with Crippen LogP contribution in [-0.2, 0) is 4.74 Å². The van der Waals surface area contributed by atoms with E-state index in [-0.39, 0.29) is 12.2 Å². The number of morpholine rings is 1. The predicted octanol–water partition coefficient (Wildman–Crippen LogP) is 4.08. The summed E-state index contributed by atoms with van der Waals surface area (Å²) in [5.74, 6) is 2.95. The Bertz CT molecular complexity index is 663. The van der Waals surface area contributed by atoms with Crippen LogP contribution >= 0.6 is 0 Å². The standard InChI is InChI=1S/C24H37NO2/c1-15-12-16-13-17(26)6-8-23(16,2)20-7-9-24(3)18(4-5-19(24)22(15)20)21-14-25-10-11-27-21/h4,12,15,17,19-22,25-26H,5-11,13-14H2,1-3H3/t15?,17?,19-,20-,21?,22-,23-,24+/m0/s1. The molecular weight excluding hydrogens is 334 g/mol. The van der Waals surface area contributed by atoms with Gasteiger partial charge >= 0.3 is 0 Å². The van der Waals surface area contributed by atoms with E-state index in [2.05, 4.69) is 38.2 Å². The number of ether oxygens (including phenoxy) is 1. The van der Waals surface area contributed by atoms with Gasteiger partial charge in [0, 0.05) is 13.1 Å². The predicted molar refractivity (Wildman–Crippen MR) is 108 cm³/mol. The largest absolute Gasteiger partial charge is 0.393 e. The van der Waals surface area contributed by atoms with Gasteiger partial charge in [0.2, 0.25) is 0 Å². The molecular formula is C24H37NO2. The highest BCUT2D eigenvalue weighted by molar-refractivity contribution is 5.33. The van der Waals surface area contributed by atoms with Gasteiger partial charge in [-0.2, -0.15) is 0 Å². The molecule has 0 spiro atoms. The normalized spacial score (nSPS) is 52.3. The first-order chi connectivity index (χ1) is 12.9. The van der Waals surface area contributed by atoms with Gasteiger partial charge in [-0.3, -0.25) is 0 Å². The van der Waals surface area contributed by atoms with Gasteiger partial charge in [0.05, 0.1) is 18.8 Å². The first-order valence-corrected chi connectivity index (χ1v) is 11.4. The van der Waals surface area contributed by atoms with E-state index in [1.54, 1.807) is 11.1 Å². The maximum atomic E-state index is 10.2. The summed E-state index contributed by atoms with van der Waals surface area (Å²) >= 11 is 0. The Morgan fingerprint density at radius 2 is 1.96 bits per heavy atom. The van der Waals surface area contributed by atoms with Crippen LogP contribution in [0.15, 0.2) is 23.3 Å². The van der Waals surface area contributed by atoms with Crippen LogP contribution in [0.3, 0.4) is 0 Å². The van der Waals surface area contributed by atoms with E-state index in [4.69, 9.17) is 4.74 Å². The van der Waals surface area contributed by atoms with E-state index in [9.17, 15) is 5.11 Å². The fourth-order valence-electron chi connectivity index (χ4n) is 7.87. The van der Waals surface area contributed by atoms with Crippen molar-refractivity contribution in [3.63, 3.8) is 0 Å². The molecule has 3 unspecified atom stereocenters. The van der Waals surface area contributed by atoms with Crippen molar-refractivity contribution in [1.82, 2.24) is 5.32 Å². The number of aliphatic hydroxyl groups is 1. The third-order valence-corrected chi connectivity index (χ3v) is 9.32. The van der Waals surface area contributed by atoms with Gasteiger partial charge in [0.1, 0.15) is 0 Å². The number of allylic oxidation sites excluding steroid dienone is 2. The lowest BCUT2D eigenvalue weighted by Crippen LogP contribution is -2.53. The first kappa shape index (κ1) is 18.4. The molecule has 5 rings (SSSR count). The van der Waals surface area contributed by atoms with E-state index in [0.717, 1.165) is 50.3 Å². The van der Waals surface area contributed by atoms with Crippen LogP contribution in [0.5, 0.6) is 0 Å². The Morgan fingerprint density at radius 3 is 2.74 bits per heavy atom.